The second-order valence-corrected chi connectivity index (χ2v) is 8.00. The quantitative estimate of drug-likeness (QED) is 0.332. The number of halogens is 2. The molecule has 3 aromatic carbocycles. The lowest BCUT2D eigenvalue weighted by Crippen LogP contribution is -2.31. The average Bonchev–Trinajstić information content (AvgIpc) is 2.84. The van der Waals surface area contributed by atoms with Gasteiger partial charge in [-0.2, -0.15) is 0 Å². The highest BCUT2D eigenvalue weighted by Gasteiger charge is 2.11. The van der Waals surface area contributed by atoms with Crippen molar-refractivity contribution in [1.29, 1.82) is 0 Å². The predicted molar refractivity (Wildman–Crippen MR) is 146 cm³/mol. The summed E-state index contributed by atoms with van der Waals surface area (Å²) in [6.45, 7) is 1.41. The van der Waals surface area contributed by atoms with Gasteiger partial charge in [0.25, 0.3) is 5.91 Å². The van der Waals surface area contributed by atoms with Crippen LogP contribution in [0, 0.1) is 0 Å². The third kappa shape index (κ3) is 6.91. The van der Waals surface area contributed by atoms with Crippen LogP contribution in [0.15, 0.2) is 97.1 Å². The summed E-state index contributed by atoms with van der Waals surface area (Å²) in [5.74, 6) is -0.0608. The average molecular weight is 494 g/mol. The zero-order chi connectivity index (χ0) is 22.3. The van der Waals surface area contributed by atoms with Crippen molar-refractivity contribution in [2.45, 2.75) is 0 Å². The van der Waals surface area contributed by atoms with Crippen LogP contribution in [0.2, 0.25) is 0 Å². The lowest BCUT2D eigenvalue weighted by Gasteiger charge is -2.12. The number of likely N-dealkylation sites (N-methyl/N-ethyl adjacent to an activating group) is 1. The Bertz CT molecular complexity index is 1140. The second-order valence-electron chi connectivity index (χ2n) is 8.00. The molecule has 1 amide bonds. The van der Waals surface area contributed by atoms with Gasteiger partial charge >= 0.3 is 0 Å². The van der Waals surface area contributed by atoms with Gasteiger partial charge in [0.05, 0.1) is 11.4 Å². The van der Waals surface area contributed by atoms with Crippen molar-refractivity contribution in [2.75, 3.05) is 27.2 Å². The summed E-state index contributed by atoms with van der Waals surface area (Å²) in [6, 6.07) is 32.3. The minimum Gasteiger partial charge on any atom is -0.351 e. The minimum atomic E-state index is -0.0608. The molecule has 4 nitrogen and oxygen atoms in total. The van der Waals surface area contributed by atoms with Crippen molar-refractivity contribution in [3.8, 4) is 33.6 Å². The third-order valence-corrected chi connectivity index (χ3v) is 5.27. The topological polar surface area (TPSA) is 45.2 Å². The van der Waals surface area contributed by atoms with E-state index in [2.05, 4.69) is 41.7 Å². The van der Waals surface area contributed by atoms with Gasteiger partial charge in [-0.3, -0.25) is 4.79 Å². The van der Waals surface area contributed by atoms with E-state index in [0.29, 0.717) is 12.1 Å². The molecule has 0 bridgehead atoms. The summed E-state index contributed by atoms with van der Waals surface area (Å²) in [5, 5.41) is 2.99. The zero-order valence-electron chi connectivity index (χ0n) is 19.3. The molecule has 0 spiro atoms. The number of hydrogen-bond donors (Lipinski definition) is 1. The molecule has 176 valence electrons. The number of carbonyl (C=O) groups excluding carboxylic acids is 1. The summed E-state index contributed by atoms with van der Waals surface area (Å²) in [5.41, 5.74) is 6.60. The van der Waals surface area contributed by atoms with Gasteiger partial charge in [0.1, 0.15) is 0 Å². The lowest BCUT2D eigenvalue weighted by molar-refractivity contribution is 0.0951. The molecule has 4 aromatic rings. The van der Waals surface area contributed by atoms with Crippen molar-refractivity contribution >= 4 is 30.7 Å². The van der Waals surface area contributed by atoms with Crippen LogP contribution < -0.4 is 5.32 Å². The van der Waals surface area contributed by atoms with Gasteiger partial charge in [-0.25, -0.2) is 4.98 Å². The molecule has 0 saturated carbocycles. The molecule has 0 saturated heterocycles. The molecule has 0 aliphatic carbocycles. The van der Waals surface area contributed by atoms with E-state index in [0.717, 1.165) is 40.2 Å². The normalized spacial score (nSPS) is 10.2. The first-order valence-electron chi connectivity index (χ1n) is 10.8. The molecule has 0 aliphatic heterocycles. The summed E-state index contributed by atoms with van der Waals surface area (Å²) in [4.78, 5) is 19.6. The molecule has 0 aliphatic rings. The Labute approximate surface area is 213 Å². The van der Waals surface area contributed by atoms with E-state index in [9.17, 15) is 4.79 Å². The van der Waals surface area contributed by atoms with Crippen molar-refractivity contribution in [2.24, 2.45) is 0 Å². The maximum Gasteiger partial charge on any atom is 0.251 e. The van der Waals surface area contributed by atoms with Crippen molar-refractivity contribution in [3.05, 3.63) is 103 Å². The molecule has 6 heteroatoms. The maximum absolute atomic E-state index is 12.6. The Morgan fingerprint density at radius 1 is 0.706 bits per heavy atom. The van der Waals surface area contributed by atoms with E-state index >= 15 is 0 Å². The Hall–Kier alpha value is -3.18. The second kappa shape index (κ2) is 12.9. The highest BCUT2D eigenvalue weighted by atomic mass is 35.5. The van der Waals surface area contributed by atoms with Crippen LogP contribution in [0.3, 0.4) is 0 Å². The fraction of sp³-hybridized carbons (Fsp3) is 0.143. The summed E-state index contributed by atoms with van der Waals surface area (Å²) < 4.78 is 0. The van der Waals surface area contributed by atoms with Crippen LogP contribution in [0.5, 0.6) is 0 Å². The monoisotopic (exact) mass is 493 g/mol. The molecule has 0 fully saturated rings. The first-order valence-corrected chi connectivity index (χ1v) is 10.8. The van der Waals surface area contributed by atoms with Crippen LogP contribution in [0.4, 0.5) is 0 Å². The number of rotatable bonds is 7. The fourth-order valence-corrected chi connectivity index (χ4v) is 3.55. The van der Waals surface area contributed by atoms with Gasteiger partial charge < -0.3 is 10.2 Å². The first kappa shape index (κ1) is 27.1. The number of nitrogens with zero attached hydrogens (tertiary/aromatic N) is 2. The number of amides is 1. The Balaban J connectivity index is 0.00000204. The summed E-state index contributed by atoms with van der Waals surface area (Å²) in [6.07, 6.45) is 0. The van der Waals surface area contributed by atoms with Crippen LogP contribution in [-0.4, -0.2) is 43.0 Å². The maximum atomic E-state index is 12.6. The van der Waals surface area contributed by atoms with E-state index in [4.69, 9.17) is 4.98 Å². The van der Waals surface area contributed by atoms with Crippen LogP contribution >= 0.6 is 24.8 Å². The minimum absolute atomic E-state index is 0. The standard InChI is InChI=1S/C28H27N3O.2ClH/c1-31(2)17-16-29-28(32)24-15-9-14-23(18-24)25-19-26(21-10-5-3-6-11-21)30-27(20-25)22-12-7-4-8-13-22;;/h3-15,18-20H,16-17H2,1-2H3,(H,29,32);2*1H. The van der Waals surface area contributed by atoms with E-state index in [1.165, 1.54) is 0 Å². The van der Waals surface area contributed by atoms with E-state index in [1.54, 1.807) is 0 Å². The molecule has 0 atom stereocenters. The van der Waals surface area contributed by atoms with Crippen LogP contribution in [-0.2, 0) is 0 Å². The van der Waals surface area contributed by atoms with Gasteiger partial charge in [-0.1, -0.05) is 72.8 Å². The Kier molecular flexibility index (Phi) is 10.3. The molecule has 1 N–H and O–H groups in total. The first-order chi connectivity index (χ1) is 15.6. The van der Waals surface area contributed by atoms with E-state index < -0.39 is 0 Å². The van der Waals surface area contributed by atoms with Crippen molar-refractivity contribution in [3.63, 3.8) is 0 Å². The third-order valence-electron chi connectivity index (χ3n) is 5.27. The number of pyridine rings is 1. The van der Waals surface area contributed by atoms with Crippen molar-refractivity contribution in [1.82, 2.24) is 15.2 Å². The number of carbonyl (C=O) groups is 1. The number of benzene rings is 3. The number of hydrogen-bond acceptors (Lipinski definition) is 3. The molecule has 4 rings (SSSR count). The van der Waals surface area contributed by atoms with Gasteiger partial charge in [0.15, 0.2) is 0 Å². The van der Waals surface area contributed by atoms with E-state index in [1.807, 2.05) is 79.7 Å². The molecule has 0 unspecified atom stereocenters. The summed E-state index contributed by atoms with van der Waals surface area (Å²) in [7, 11) is 3.98. The predicted octanol–water partition coefficient (Wildman–Crippen LogP) is 6.22. The molecular formula is C28H29Cl2N3O. The molecule has 0 radical (unpaired) electrons. The van der Waals surface area contributed by atoms with Gasteiger partial charge in [-0.05, 0) is 49.5 Å². The highest BCUT2D eigenvalue weighted by Crippen LogP contribution is 2.30. The van der Waals surface area contributed by atoms with Gasteiger partial charge in [0, 0.05) is 29.8 Å². The number of aromatic nitrogens is 1. The zero-order valence-corrected chi connectivity index (χ0v) is 20.9. The fourth-order valence-electron chi connectivity index (χ4n) is 3.55. The molecule has 1 aromatic heterocycles. The number of nitrogens with one attached hydrogen (secondary N) is 1. The smallest absolute Gasteiger partial charge is 0.251 e. The van der Waals surface area contributed by atoms with Crippen LogP contribution in [0.1, 0.15) is 10.4 Å². The Morgan fingerprint density at radius 3 is 1.76 bits per heavy atom. The molecule has 1 heterocycles. The molecular weight excluding hydrogens is 465 g/mol. The highest BCUT2D eigenvalue weighted by molar-refractivity contribution is 5.95. The van der Waals surface area contributed by atoms with Crippen molar-refractivity contribution < 1.29 is 4.79 Å². The summed E-state index contributed by atoms with van der Waals surface area (Å²) >= 11 is 0. The van der Waals surface area contributed by atoms with Gasteiger partial charge in [-0.15, -0.1) is 24.8 Å². The Morgan fingerprint density at radius 2 is 1.24 bits per heavy atom. The molecule has 34 heavy (non-hydrogen) atoms. The SMILES string of the molecule is CN(C)CCNC(=O)c1cccc(-c2cc(-c3ccccc3)nc(-c3ccccc3)c2)c1.Cl.Cl. The largest absolute Gasteiger partial charge is 0.351 e. The van der Waals surface area contributed by atoms with E-state index in [-0.39, 0.29) is 30.7 Å². The lowest BCUT2D eigenvalue weighted by atomic mass is 9.98. The van der Waals surface area contributed by atoms with Crippen LogP contribution in [0.25, 0.3) is 33.6 Å². The van der Waals surface area contributed by atoms with Gasteiger partial charge in [0.2, 0.25) is 0 Å².